The maximum Gasteiger partial charge on any atom is 0.224 e. The van der Waals surface area contributed by atoms with E-state index in [0.29, 0.717) is 25.9 Å². The van der Waals surface area contributed by atoms with E-state index in [-0.39, 0.29) is 23.8 Å². The molecule has 1 aromatic heterocycles. The molecule has 110 valence electrons. The largest absolute Gasteiger partial charge is 0.355 e. The second-order valence-electron chi connectivity index (χ2n) is 5.28. The van der Waals surface area contributed by atoms with Crippen LogP contribution < -0.4 is 10.6 Å². The molecule has 1 aliphatic rings. The predicted molar refractivity (Wildman–Crippen MR) is 79.5 cm³/mol. The number of nitrogens with one attached hydrogen (secondary N) is 2. The Hall–Kier alpha value is -1.40. The molecule has 0 spiro atoms. The summed E-state index contributed by atoms with van der Waals surface area (Å²) < 4.78 is 0. The second-order valence-corrected chi connectivity index (χ2v) is 6.26. The van der Waals surface area contributed by atoms with Crippen molar-refractivity contribution in [2.45, 2.75) is 18.9 Å². The van der Waals surface area contributed by atoms with Gasteiger partial charge in [-0.25, -0.2) is 0 Å². The molecule has 1 aromatic rings. The predicted octanol–water partition coefficient (Wildman–Crippen LogP) is 0.993. The molecule has 0 aromatic carbocycles. The number of hydrogen-bond donors (Lipinski definition) is 2. The molecule has 2 rings (SSSR count). The smallest absolute Gasteiger partial charge is 0.224 e. The minimum Gasteiger partial charge on any atom is -0.355 e. The zero-order chi connectivity index (χ0) is 14.5. The topological polar surface area (TPSA) is 61.4 Å². The van der Waals surface area contributed by atoms with Crippen LogP contribution >= 0.6 is 11.3 Å². The summed E-state index contributed by atoms with van der Waals surface area (Å²) in [5.74, 6) is -0.0222. The van der Waals surface area contributed by atoms with E-state index in [1.165, 1.54) is 4.88 Å². The van der Waals surface area contributed by atoms with Crippen molar-refractivity contribution < 1.29 is 9.59 Å². The van der Waals surface area contributed by atoms with Gasteiger partial charge in [0.25, 0.3) is 0 Å². The van der Waals surface area contributed by atoms with Gasteiger partial charge in [-0.05, 0) is 32.0 Å². The Morgan fingerprint density at radius 2 is 2.40 bits per heavy atom. The van der Waals surface area contributed by atoms with Gasteiger partial charge in [-0.3, -0.25) is 9.59 Å². The number of piperidine rings is 1. The monoisotopic (exact) mass is 295 g/mol. The lowest BCUT2D eigenvalue weighted by Crippen LogP contribution is -2.44. The van der Waals surface area contributed by atoms with E-state index in [2.05, 4.69) is 21.6 Å². The normalized spacial score (nSPS) is 20.6. The third kappa shape index (κ3) is 3.80. The first-order valence-corrected chi connectivity index (χ1v) is 7.70. The van der Waals surface area contributed by atoms with Gasteiger partial charge in [0.2, 0.25) is 11.8 Å². The molecule has 5 nitrogen and oxygen atoms in total. The van der Waals surface area contributed by atoms with Crippen LogP contribution in [-0.2, 0) is 9.59 Å². The third-order valence-corrected chi connectivity index (χ3v) is 4.57. The summed E-state index contributed by atoms with van der Waals surface area (Å²) in [5, 5.41) is 7.80. The molecule has 1 fully saturated rings. The Balaban J connectivity index is 1.86. The molecule has 20 heavy (non-hydrogen) atoms. The van der Waals surface area contributed by atoms with E-state index in [4.69, 9.17) is 0 Å². The van der Waals surface area contributed by atoms with Crippen molar-refractivity contribution in [1.29, 1.82) is 0 Å². The molecule has 0 unspecified atom stereocenters. The molecule has 2 heterocycles. The van der Waals surface area contributed by atoms with Crippen LogP contribution in [-0.4, -0.2) is 43.9 Å². The molecule has 2 atom stereocenters. The lowest BCUT2D eigenvalue weighted by molar-refractivity contribution is -0.129. The second kappa shape index (κ2) is 6.85. The summed E-state index contributed by atoms with van der Waals surface area (Å²) >= 11 is 1.70. The summed E-state index contributed by atoms with van der Waals surface area (Å²) in [6, 6.07) is 4.30. The Morgan fingerprint density at radius 3 is 2.95 bits per heavy atom. The standard InChI is InChI=1S/C14H21N3O2S/c1-17(2)11(12-4-3-7-20-12)9-16-14(19)10-5-6-13(18)15-8-10/h3-4,7,10-11H,5-6,8-9H2,1-2H3,(H,15,18)(H,16,19)/t10-,11+/m1/s1. The first-order valence-electron chi connectivity index (χ1n) is 6.82. The van der Waals surface area contributed by atoms with Gasteiger partial charge in [0.1, 0.15) is 0 Å². The number of amides is 2. The highest BCUT2D eigenvalue weighted by Gasteiger charge is 2.25. The van der Waals surface area contributed by atoms with Gasteiger partial charge in [-0.15, -0.1) is 11.3 Å². The van der Waals surface area contributed by atoms with E-state index in [0.717, 1.165) is 0 Å². The minimum absolute atomic E-state index is 0.0356. The molecule has 0 bridgehead atoms. The lowest BCUT2D eigenvalue weighted by atomic mass is 9.98. The number of thiophene rings is 1. The van der Waals surface area contributed by atoms with Crippen LogP contribution in [0.3, 0.4) is 0 Å². The molecule has 0 aliphatic carbocycles. The molecule has 2 amide bonds. The first kappa shape index (κ1) is 15.0. The summed E-state index contributed by atoms with van der Waals surface area (Å²) in [6.45, 7) is 1.05. The van der Waals surface area contributed by atoms with Crippen molar-refractivity contribution in [3.05, 3.63) is 22.4 Å². The average Bonchev–Trinajstić information content (AvgIpc) is 2.93. The van der Waals surface area contributed by atoms with Gasteiger partial charge >= 0.3 is 0 Å². The lowest BCUT2D eigenvalue weighted by Gasteiger charge is -2.26. The van der Waals surface area contributed by atoms with Crippen molar-refractivity contribution in [3.63, 3.8) is 0 Å². The number of carbonyl (C=O) groups excluding carboxylic acids is 2. The van der Waals surface area contributed by atoms with Crippen LogP contribution in [0.2, 0.25) is 0 Å². The van der Waals surface area contributed by atoms with E-state index >= 15 is 0 Å². The first-order chi connectivity index (χ1) is 9.58. The summed E-state index contributed by atoms with van der Waals surface area (Å²) in [6.07, 6.45) is 1.09. The summed E-state index contributed by atoms with van der Waals surface area (Å²) in [7, 11) is 4.02. The van der Waals surface area contributed by atoms with Gasteiger partial charge in [-0.2, -0.15) is 0 Å². The molecule has 1 saturated heterocycles. The zero-order valence-corrected chi connectivity index (χ0v) is 12.7. The third-order valence-electron chi connectivity index (χ3n) is 3.60. The Labute approximate surface area is 123 Å². The van der Waals surface area contributed by atoms with Crippen molar-refractivity contribution in [3.8, 4) is 0 Å². The van der Waals surface area contributed by atoms with E-state index in [1.54, 1.807) is 11.3 Å². The molecule has 1 aliphatic heterocycles. The van der Waals surface area contributed by atoms with Crippen LogP contribution in [0.1, 0.15) is 23.8 Å². The summed E-state index contributed by atoms with van der Waals surface area (Å²) in [5.41, 5.74) is 0. The molecule has 0 saturated carbocycles. The highest BCUT2D eigenvalue weighted by Crippen LogP contribution is 2.22. The number of hydrogen-bond acceptors (Lipinski definition) is 4. The van der Waals surface area contributed by atoms with Crippen molar-refractivity contribution in [2.24, 2.45) is 5.92 Å². The number of likely N-dealkylation sites (N-methyl/N-ethyl adjacent to an activating group) is 1. The van der Waals surface area contributed by atoms with Crippen LogP contribution in [0.15, 0.2) is 17.5 Å². The number of nitrogens with zero attached hydrogens (tertiary/aromatic N) is 1. The average molecular weight is 295 g/mol. The van der Waals surface area contributed by atoms with Crippen molar-refractivity contribution in [1.82, 2.24) is 15.5 Å². The molecular formula is C14H21N3O2S. The zero-order valence-electron chi connectivity index (χ0n) is 11.9. The van der Waals surface area contributed by atoms with Crippen molar-refractivity contribution >= 4 is 23.2 Å². The van der Waals surface area contributed by atoms with Crippen LogP contribution in [0.5, 0.6) is 0 Å². The fourth-order valence-corrected chi connectivity index (χ4v) is 3.24. The highest BCUT2D eigenvalue weighted by molar-refractivity contribution is 7.10. The van der Waals surface area contributed by atoms with Crippen molar-refractivity contribution in [2.75, 3.05) is 27.2 Å². The molecule has 6 heteroatoms. The Morgan fingerprint density at radius 1 is 1.60 bits per heavy atom. The van der Waals surface area contributed by atoms with Gasteiger partial charge < -0.3 is 15.5 Å². The van der Waals surface area contributed by atoms with Gasteiger partial charge in [0, 0.05) is 24.4 Å². The number of rotatable bonds is 5. The maximum absolute atomic E-state index is 12.1. The van der Waals surface area contributed by atoms with Crippen LogP contribution in [0, 0.1) is 5.92 Å². The van der Waals surface area contributed by atoms with E-state index < -0.39 is 0 Å². The maximum atomic E-state index is 12.1. The van der Waals surface area contributed by atoms with E-state index in [1.807, 2.05) is 25.5 Å². The Bertz CT molecular complexity index is 449. The Kier molecular flexibility index (Phi) is 5.14. The fourth-order valence-electron chi connectivity index (χ4n) is 2.32. The molecule has 0 radical (unpaired) electrons. The SMILES string of the molecule is CN(C)[C@@H](CNC(=O)[C@@H]1CCC(=O)NC1)c1cccs1. The fraction of sp³-hybridized carbons (Fsp3) is 0.571. The van der Waals surface area contributed by atoms with Crippen LogP contribution in [0.25, 0.3) is 0 Å². The highest BCUT2D eigenvalue weighted by atomic mass is 32.1. The van der Waals surface area contributed by atoms with Gasteiger partial charge in [0.15, 0.2) is 0 Å². The quantitative estimate of drug-likeness (QED) is 0.852. The summed E-state index contributed by atoms with van der Waals surface area (Å²) in [4.78, 5) is 26.6. The molecular weight excluding hydrogens is 274 g/mol. The van der Waals surface area contributed by atoms with Gasteiger partial charge in [0.05, 0.1) is 12.0 Å². The van der Waals surface area contributed by atoms with Crippen LogP contribution in [0.4, 0.5) is 0 Å². The molecule has 2 N–H and O–H groups in total. The van der Waals surface area contributed by atoms with Gasteiger partial charge in [-0.1, -0.05) is 6.07 Å². The number of carbonyl (C=O) groups is 2. The minimum atomic E-state index is -0.0983. The van der Waals surface area contributed by atoms with E-state index in [9.17, 15) is 9.59 Å².